The molecule has 1 atom stereocenters. The van der Waals surface area contributed by atoms with E-state index in [2.05, 4.69) is 17.1 Å². The third kappa shape index (κ3) is 4.63. The van der Waals surface area contributed by atoms with E-state index in [1.165, 1.54) is 6.42 Å². The van der Waals surface area contributed by atoms with E-state index in [-0.39, 0.29) is 5.91 Å². The van der Waals surface area contributed by atoms with Crippen molar-refractivity contribution in [2.24, 2.45) is 5.92 Å². The highest BCUT2D eigenvalue weighted by Gasteiger charge is 2.18. The molecule has 0 radical (unpaired) electrons. The number of ether oxygens (including phenoxy) is 1. The molecule has 5 heteroatoms. The van der Waals surface area contributed by atoms with Crippen molar-refractivity contribution in [1.82, 2.24) is 4.90 Å². The lowest BCUT2D eigenvalue weighted by Gasteiger charge is -2.15. The summed E-state index contributed by atoms with van der Waals surface area (Å²) in [6, 6.07) is 5.27. The Kier molecular flexibility index (Phi) is 5.44. The fourth-order valence-corrected chi connectivity index (χ4v) is 2.69. The summed E-state index contributed by atoms with van der Waals surface area (Å²) in [5.74, 6) is 1.49. The smallest absolute Gasteiger partial charge is 0.224 e. The van der Waals surface area contributed by atoms with E-state index in [4.69, 9.17) is 10.5 Å². The lowest BCUT2D eigenvalue weighted by molar-refractivity contribution is -0.116. The normalized spacial score (nSPS) is 18.7. The van der Waals surface area contributed by atoms with E-state index in [1.54, 1.807) is 25.3 Å². The van der Waals surface area contributed by atoms with E-state index in [0.29, 0.717) is 23.5 Å². The highest BCUT2D eigenvalue weighted by Crippen LogP contribution is 2.24. The number of likely N-dealkylation sites (tertiary alicyclic amines) is 1. The number of benzene rings is 1. The summed E-state index contributed by atoms with van der Waals surface area (Å²) < 4.78 is 5.09. The maximum atomic E-state index is 11.9. The first-order chi connectivity index (χ1) is 10.1. The Morgan fingerprint density at radius 2 is 2.33 bits per heavy atom. The van der Waals surface area contributed by atoms with Crippen LogP contribution in [-0.4, -0.2) is 37.6 Å². The molecule has 1 aromatic rings. The standard InChI is InChI=1S/C16H25N3O2/c1-12-7-9-19(11-12)8-3-4-16(20)18-15-6-5-13(21-2)10-14(15)17/h5-6,10,12H,3-4,7-9,11,17H2,1-2H3,(H,18,20). The predicted octanol–water partition coefficient (Wildman–Crippen LogP) is 2.34. The number of anilines is 2. The molecule has 1 unspecified atom stereocenters. The molecule has 1 aliphatic rings. The summed E-state index contributed by atoms with van der Waals surface area (Å²) in [4.78, 5) is 14.4. The molecule has 2 rings (SSSR count). The number of carbonyl (C=O) groups excluding carboxylic acids is 1. The Morgan fingerprint density at radius 3 is 2.95 bits per heavy atom. The summed E-state index contributed by atoms with van der Waals surface area (Å²) >= 11 is 0. The van der Waals surface area contributed by atoms with Crippen LogP contribution < -0.4 is 15.8 Å². The Labute approximate surface area is 126 Å². The van der Waals surface area contributed by atoms with Crippen LogP contribution in [0.5, 0.6) is 5.75 Å². The van der Waals surface area contributed by atoms with Gasteiger partial charge >= 0.3 is 0 Å². The van der Waals surface area contributed by atoms with Crippen molar-refractivity contribution in [3.8, 4) is 5.75 Å². The van der Waals surface area contributed by atoms with E-state index < -0.39 is 0 Å². The predicted molar refractivity (Wildman–Crippen MR) is 85.5 cm³/mol. The molecule has 1 amide bonds. The number of nitrogens with one attached hydrogen (secondary N) is 1. The minimum absolute atomic E-state index is 0.0131. The quantitative estimate of drug-likeness (QED) is 0.789. The van der Waals surface area contributed by atoms with E-state index in [0.717, 1.165) is 32.0 Å². The second-order valence-electron chi connectivity index (χ2n) is 5.80. The van der Waals surface area contributed by atoms with Crippen molar-refractivity contribution in [3.05, 3.63) is 18.2 Å². The summed E-state index contributed by atoms with van der Waals surface area (Å²) in [7, 11) is 1.59. The van der Waals surface area contributed by atoms with E-state index in [9.17, 15) is 4.79 Å². The summed E-state index contributed by atoms with van der Waals surface area (Å²) in [6.07, 6.45) is 2.68. The SMILES string of the molecule is COc1ccc(NC(=O)CCCN2CCC(C)C2)c(N)c1. The zero-order valence-corrected chi connectivity index (χ0v) is 12.9. The van der Waals surface area contributed by atoms with Crippen LogP contribution in [0.1, 0.15) is 26.2 Å². The third-order valence-electron chi connectivity index (χ3n) is 3.92. The first-order valence-corrected chi connectivity index (χ1v) is 7.54. The molecule has 1 aliphatic heterocycles. The maximum absolute atomic E-state index is 11.9. The number of amides is 1. The van der Waals surface area contributed by atoms with Crippen molar-refractivity contribution in [3.63, 3.8) is 0 Å². The highest BCUT2D eigenvalue weighted by molar-refractivity contribution is 5.93. The molecule has 5 nitrogen and oxygen atoms in total. The molecule has 0 spiro atoms. The zero-order valence-electron chi connectivity index (χ0n) is 12.9. The highest BCUT2D eigenvalue weighted by atomic mass is 16.5. The zero-order chi connectivity index (χ0) is 15.2. The van der Waals surface area contributed by atoms with Gasteiger partial charge in [-0.05, 0) is 44.0 Å². The molecule has 1 saturated heterocycles. The number of hydrogen-bond acceptors (Lipinski definition) is 4. The van der Waals surface area contributed by atoms with Crippen molar-refractivity contribution in [1.29, 1.82) is 0 Å². The van der Waals surface area contributed by atoms with Gasteiger partial charge in [0, 0.05) is 19.0 Å². The molecule has 1 fully saturated rings. The van der Waals surface area contributed by atoms with Gasteiger partial charge in [0.1, 0.15) is 5.75 Å². The minimum Gasteiger partial charge on any atom is -0.497 e. The van der Waals surface area contributed by atoms with E-state index >= 15 is 0 Å². The van der Waals surface area contributed by atoms with Gasteiger partial charge in [0.25, 0.3) is 0 Å². The number of nitrogens with two attached hydrogens (primary N) is 1. The third-order valence-corrected chi connectivity index (χ3v) is 3.92. The van der Waals surface area contributed by atoms with E-state index in [1.807, 2.05) is 0 Å². The molecule has 0 bridgehead atoms. The molecule has 21 heavy (non-hydrogen) atoms. The second-order valence-corrected chi connectivity index (χ2v) is 5.80. The molecule has 0 aliphatic carbocycles. The topological polar surface area (TPSA) is 67.6 Å². The van der Waals surface area contributed by atoms with Crippen LogP contribution in [-0.2, 0) is 4.79 Å². The van der Waals surface area contributed by atoms with Crippen molar-refractivity contribution in [2.45, 2.75) is 26.2 Å². The average molecular weight is 291 g/mol. The molecule has 116 valence electrons. The van der Waals surface area contributed by atoms with Crippen LogP contribution >= 0.6 is 0 Å². The number of rotatable bonds is 6. The van der Waals surface area contributed by atoms with Gasteiger partial charge in [-0.1, -0.05) is 6.92 Å². The molecule has 3 N–H and O–H groups in total. The lowest BCUT2D eigenvalue weighted by Crippen LogP contribution is -2.23. The van der Waals surface area contributed by atoms with Gasteiger partial charge in [-0.25, -0.2) is 0 Å². The fourth-order valence-electron chi connectivity index (χ4n) is 2.69. The second kappa shape index (κ2) is 7.31. The van der Waals surface area contributed by atoms with Gasteiger partial charge in [0.05, 0.1) is 18.5 Å². The van der Waals surface area contributed by atoms with Gasteiger partial charge in [-0.15, -0.1) is 0 Å². The van der Waals surface area contributed by atoms with Crippen LogP contribution in [0.4, 0.5) is 11.4 Å². The van der Waals surface area contributed by atoms with Crippen LogP contribution in [0, 0.1) is 5.92 Å². The first kappa shape index (κ1) is 15.6. The average Bonchev–Trinajstić information content (AvgIpc) is 2.86. The van der Waals surface area contributed by atoms with Gasteiger partial charge in [-0.2, -0.15) is 0 Å². The molecular weight excluding hydrogens is 266 g/mol. The van der Waals surface area contributed by atoms with Gasteiger partial charge in [-0.3, -0.25) is 4.79 Å². The lowest BCUT2D eigenvalue weighted by atomic mass is 10.2. The molecule has 1 aromatic carbocycles. The van der Waals surface area contributed by atoms with Crippen molar-refractivity contribution in [2.75, 3.05) is 37.8 Å². The number of nitrogen functional groups attached to an aromatic ring is 1. The monoisotopic (exact) mass is 291 g/mol. The Hall–Kier alpha value is -1.75. The van der Waals surface area contributed by atoms with Crippen LogP contribution in [0.2, 0.25) is 0 Å². The summed E-state index contributed by atoms with van der Waals surface area (Å²) in [5, 5.41) is 2.86. The first-order valence-electron chi connectivity index (χ1n) is 7.54. The number of nitrogens with zero attached hydrogens (tertiary/aromatic N) is 1. The van der Waals surface area contributed by atoms with Crippen LogP contribution in [0.3, 0.4) is 0 Å². The number of carbonyl (C=O) groups is 1. The molecule has 0 aromatic heterocycles. The van der Waals surface area contributed by atoms with Gasteiger partial charge in [0.2, 0.25) is 5.91 Å². The van der Waals surface area contributed by atoms with Crippen LogP contribution in [0.25, 0.3) is 0 Å². The van der Waals surface area contributed by atoms with Crippen molar-refractivity contribution >= 4 is 17.3 Å². The summed E-state index contributed by atoms with van der Waals surface area (Å²) in [5.41, 5.74) is 7.06. The molecule has 0 saturated carbocycles. The maximum Gasteiger partial charge on any atom is 0.224 e. The fraction of sp³-hybridized carbons (Fsp3) is 0.562. The Morgan fingerprint density at radius 1 is 1.52 bits per heavy atom. The Bertz CT molecular complexity index is 490. The van der Waals surface area contributed by atoms with Crippen molar-refractivity contribution < 1.29 is 9.53 Å². The molecular formula is C16H25N3O2. The van der Waals surface area contributed by atoms with Gasteiger partial charge < -0.3 is 20.7 Å². The summed E-state index contributed by atoms with van der Waals surface area (Å²) in [6.45, 7) is 5.59. The van der Waals surface area contributed by atoms with Crippen LogP contribution in [0.15, 0.2) is 18.2 Å². The largest absolute Gasteiger partial charge is 0.497 e. The minimum atomic E-state index is 0.0131. The number of hydrogen-bond donors (Lipinski definition) is 2. The number of methoxy groups -OCH3 is 1. The Balaban J connectivity index is 1.74. The van der Waals surface area contributed by atoms with Gasteiger partial charge in [0.15, 0.2) is 0 Å². The molecule has 1 heterocycles.